The Hall–Kier alpha value is -2.40. The van der Waals surface area contributed by atoms with E-state index < -0.39 is 0 Å². The fraction of sp³-hybridized carbons (Fsp3) is 0.368. The number of fused-ring (bicyclic) bond motifs is 1. The van der Waals surface area contributed by atoms with Gasteiger partial charge in [-0.05, 0) is 37.4 Å². The molecule has 0 aliphatic carbocycles. The van der Waals surface area contributed by atoms with Gasteiger partial charge in [-0.25, -0.2) is 4.98 Å². The van der Waals surface area contributed by atoms with Gasteiger partial charge in [0.1, 0.15) is 5.82 Å². The fourth-order valence-electron chi connectivity index (χ4n) is 3.50. The molecule has 3 aromatic rings. The van der Waals surface area contributed by atoms with Gasteiger partial charge in [0.2, 0.25) is 5.88 Å². The Bertz CT molecular complexity index is 857. The second-order valence-corrected chi connectivity index (χ2v) is 6.54. The number of aryl methyl sites for hydroxylation is 1. The zero-order chi connectivity index (χ0) is 16.5. The normalized spacial score (nSPS) is 18.3. The zero-order valence-corrected chi connectivity index (χ0v) is 14.1. The van der Waals surface area contributed by atoms with Crippen molar-refractivity contribution < 1.29 is 4.74 Å². The van der Waals surface area contributed by atoms with Crippen LogP contribution in [-0.2, 0) is 6.54 Å². The molecule has 1 atom stereocenters. The van der Waals surface area contributed by atoms with Crippen LogP contribution in [0.1, 0.15) is 29.3 Å². The topological polar surface area (TPSA) is 54.0 Å². The van der Waals surface area contributed by atoms with Crippen molar-refractivity contribution in [3.63, 3.8) is 0 Å². The van der Waals surface area contributed by atoms with Gasteiger partial charge in [0, 0.05) is 12.6 Å². The van der Waals surface area contributed by atoms with Crippen molar-refractivity contribution in [3.05, 3.63) is 53.3 Å². The molecule has 0 saturated carbocycles. The maximum atomic E-state index is 5.16. The summed E-state index contributed by atoms with van der Waals surface area (Å²) in [5, 5.41) is 0. The third kappa shape index (κ3) is 2.99. The Morgan fingerprint density at radius 2 is 2.17 bits per heavy atom. The predicted octanol–water partition coefficient (Wildman–Crippen LogP) is 3.26. The van der Waals surface area contributed by atoms with Crippen LogP contribution in [0.5, 0.6) is 5.88 Å². The Morgan fingerprint density at radius 3 is 3.00 bits per heavy atom. The molecule has 3 heterocycles. The summed E-state index contributed by atoms with van der Waals surface area (Å²) in [6.45, 7) is 5.18. The number of likely N-dealkylation sites (tertiary alicyclic amines) is 1. The summed E-state index contributed by atoms with van der Waals surface area (Å²) in [5.74, 6) is 2.18. The van der Waals surface area contributed by atoms with E-state index in [4.69, 9.17) is 4.74 Å². The van der Waals surface area contributed by atoms with Crippen LogP contribution < -0.4 is 4.74 Å². The molecule has 4 rings (SSSR count). The summed E-state index contributed by atoms with van der Waals surface area (Å²) in [5.41, 5.74) is 4.47. The highest BCUT2D eigenvalue weighted by Gasteiger charge is 2.24. The van der Waals surface area contributed by atoms with Gasteiger partial charge in [0.15, 0.2) is 5.65 Å². The largest absolute Gasteiger partial charge is 0.481 e. The molecular weight excluding hydrogens is 300 g/mol. The Balaban J connectivity index is 1.46. The van der Waals surface area contributed by atoms with Crippen LogP contribution in [0.3, 0.4) is 0 Å². The number of nitrogens with zero attached hydrogens (tertiary/aromatic N) is 3. The molecule has 1 fully saturated rings. The van der Waals surface area contributed by atoms with Crippen molar-refractivity contribution in [2.24, 2.45) is 0 Å². The third-order valence-electron chi connectivity index (χ3n) is 4.74. The van der Waals surface area contributed by atoms with E-state index in [1.807, 2.05) is 12.1 Å². The Morgan fingerprint density at radius 1 is 1.25 bits per heavy atom. The summed E-state index contributed by atoms with van der Waals surface area (Å²) < 4.78 is 5.16. The first-order chi connectivity index (χ1) is 11.7. The predicted molar refractivity (Wildman–Crippen MR) is 94.3 cm³/mol. The maximum absolute atomic E-state index is 5.16. The first-order valence-corrected chi connectivity index (χ1v) is 8.40. The number of aromatic nitrogens is 3. The lowest BCUT2D eigenvalue weighted by Gasteiger charge is -2.15. The first-order valence-electron chi connectivity index (χ1n) is 8.40. The van der Waals surface area contributed by atoms with Crippen LogP contribution in [0.4, 0.5) is 0 Å². The number of nitrogens with one attached hydrogen (secondary N) is 1. The SMILES string of the molecule is COc1ccc2[nH]c(CN3CCC(c4cccc(C)c4)C3)nc2n1. The van der Waals surface area contributed by atoms with E-state index >= 15 is 0 Å². The molecule has 0 bridgehead atoms. The molecular formula is C19H22N4O. The van der Waals surface area contributed by atoms with E-state index in [-0.39, 0.29) is 0 Å². The van der Waals surface area contributed by atoms with Crippen LogP contribution in [0.15, 0.2) is 36.4 Å². The maximum Gasteiger partial charge on any atom is 0.215 e. The van der Waals surface area contributed by atoms with Gasteiger partial charge < -0.3 is 9.72 Å². The minimum atomic E-state index is 0.598. The van der Waals surface area contributed by atoms with Crippen LogP contribution >= 0.6 is 0 Å². The second kappa shape index (κ2) is 6.24. The second-order valence-electron chi connectivity index (χ2n) is 6.54. The molecule has 5 heteroatoms. The van der Waals surface area contributed by atoms with Gasteiger partial charge in [-0.3, -0.25) is 4.90 Å². The lowest BCUT2D eigenvalue weighted by molar-refractivity contribution is 0.319. The summed E-state index contributed by atoms with van der Waals surface area (Å²) in [6.07, 6.45) is 1.20. The third-order valence-corrected chi connectivity index (χ3v) is 4.74. The average Bonchev–Trinajstić information content (AvgIpc) is 3.20. The number of H-pyrrole nitrogens is 1. The highest BCUT2D eigenvalue weighted by Crippen LogP contribution is 2.28. The fourth-order valence-corrected chi connectivity index (χ4v) is 3.50. The number of rotatable bonds is 4. The molecule has 0 radical (unpaired) electrons. The molecule has 1 saturated heterocycles. The number of hydrogen-bond donors (Lipinski definition) is 1. The number of aromatic amines is 1. The van der Waals surface area contributed by atoms with Gasteiger partial charge in [-0.1, -0.05) is 29.8 Å². The molecule has 1 aromatic carbocycles. The molecule has 124 valence electrons. The molecule has 0 spiro atoms. The quantitative estimate of drug-likeness (QED) is 0.801. The zero-order valence-electron chi connectivity index (χ0n) is 14.1. The number of hydrogen-bond acceptors (Lipinski definition) is 4. The number of pyridine rings is 1. The molecule has 24 heavy (non-hydrogen) atoms. The van der Waals surface area contributed by atoms with Gasteiger partial charge >= 0.3 is 0 Å². The summed E-state index contributed by atoms with van der Waals surface area (Å²) >= 11 is 0. The van der Waals surface area contributed by atoms with E-state index in [1.54, 1.807) is 7.11 Å². The molecule has 1 unspecified atom stereocenters. The van der Waals surface area contributed by atoms with E-state index in [2.05, 4.69) is 51.0 Å². The highest BCUT2D eigenvalue weighted by molar-refractivity contribution is 5.71. The van der Waals surface area contributed by atoms with Gasteiger partial charge in [-0.2, -0.15) is 4.98 Å². The smallest absolute Gasteiger partial charge is 0.215 e. The van der Waals surface area contributed by atoms with E-state index in [0.29, 0.717) is 11.8 Å². The van der Waals surface area contributed by atoms with Crippen molar-refractivity contribution in [3.8, 4) is 5.88 Å². The molecule has 1 N–H and O–H groups in total. The molecule has 2 aromatic heterocycles. The van der Waals surface area contributed by atoms with Gasteiger partial charge in [-0.15, -0.1) is 0 Å². The van der Waals surface area contributed by atoms with Crippen molar-refractivity contribution in [1.29, 1.82) is 0 Å². The van der Waals surface area contributed by atoms with Crippen molar-refractivity contribution in [2.75, 3.05) is 20.2 Å². The van der Waals surface area contributed by atoms with Gasteiger partial charge in [0.05, 0.1) is 19.2 Å². The average molecular weight is 322 g/mol. The summed E-state index contributed by atoms with van der Waals surface area (Å²) in [7, 11) is 1.62. The van der Waals surface area contributed by atoms with Crippen LogP contribution in [0.25, 0.3) is 11.2 Å². The number of imidazole rings is 1. The number of methoxy groups -OCH3 is 1. The van der Waals surface area contributed by atoms with E-state index in [9.17, 15) is 0 Å². The number of benzene rings is 1. The lowest BCUT2D eigenvalue weighted by atomic mass is 9.97. The van der Waals surface area contributed by atoms with Crippen LogP contribution in [-0.4, -0.2) is 40.1 Å². The summed E-state index contributed by atoms with van der Waals surface area (Å²) in [4.78, 5) is 14.8. The summed E-state index contributed by atoms with van der Waals surface area (Å²) in [6, 6.07) is 12.7. The van der Waals surface area contributed by atoms with E-state index in [1.165, 1.54) is 17.5 Å². The van der Waals surface area contributed by atoms with Gasteiger partial charge in [0.25, 0.3) is 0 Å². The molecule has 5 nitrogen and oxygen atoms in total. The van der Waals surface area contributed by atoms with E-state index in [0.717, 1.165) is 36.6 Å². The molecule has 0 amide bonds. The minimum absolute atomic E-state index is 0.598. The van der Waals surface area contributed by atoms with Crippen LogP contribution in [0, 0.1) is 6.92 Å². The molecule has 1 aliphatic heterocycles. The monoisotopic (exact) mass is 322 g/mol. The lowest BCUT2D eigenvalue weighted by Crippen LogP contribution is -2.20. The van der Waals surface area contributed by atoms with Crippen LogP contribution in [0.2, 0.25) is 0 Å². The Labute approximate surface area is 141 Å². The minimum Gasteiger partial charge on any atom is -0.481 e. The molecule has 1 aliphatic rings. The number of ether oxygens (including phenoxy) is 1. The highest BCUT2D eigenvalue weighted by atomic mass is 16.5. The first kappa shape index (κ1) is 15.1. The van der Waals surface area contributed by atoms with Crippen molar-refractivity contribution in [2.45, 2.75) is 25.8 Å². The Kier molecular flexibility index (Phi) is 3.94. The standard InChI is InChI=1S/C19H22N4O/c1-13-4-3-5-14(10-13)15-8-9-23(11-15)12-17-20-16-6-7-18(24-2)22-19(16)21-17/h3-7,10,15H,8-9,11-12H2,1-2H3,(H,20,21,22). The van der Waals surface area contributed by atoms with Crippen molar-refractivity contribution >= 4 is 11.2 Å². The van der Waals surface area contributed by atoms with Crippen molar-refractivity contribution in [1.82, 2.24) is 19.9 Å².